The SMILES string of the molecule is COc1cc(OC)c(C(O)C2(N)CC2)cc1OC. The van der Waals surface area contributed by atoms with Crippen LogP contribution in [-0.2, 0) is 0 Å². The molecule has 0 heterocycles. The van der Waals surface area contributed by atoms with Crippen LogP contribution in [-0.4, -0.2) is 32.0 Å². The fourth-order valence-electron chi connectivity index (χ4n) is 1.99. The van der Waals surface area contributed by atoms with E-state index in [4.69, 9.17) is 19.9 Å². The lowest BCUT2D eigenvalue weighted by Gasteiger charge is -2.22. The van der Waals surface area contributed by atoms with Gasteiger partial charge in [-0.25, -0.2) is 0 Å². The van der Waals surface area contributed by atoms with Crippen LogP contribution in [0.1, 0.15) is 24.5 Å². The Hall–Kier alpha value is -1.46. The molecule has 100 valence electrons. The van der Waals surface area contributed by atoms with Gasteiger partial charge in [-0.3, -0.25) is 0 Å². The fraction of sp³-hybridized carbons (Fsp3) is 0.538. The molecule has 0 aromatic heterocycles. The topological polar surface area (TPSA) is 73.9 Å². The number of rotatable bonds is 5. The molecule has 18 heavy (non-hydrogen) atoms. The van der Waals surface area contributed by atoms with E-state index < -0.39 is 11.6 Å². The zero-order valence-corrected chi connectivity index (χ0v) is 10.9. The summed E-state index contributed by atoms with van der Waals surface area (Å²) >= 11 is 0. The van der Waals surface area contributed by atoms with E-state index in [0.29, 0.717) is 22.8 Å². The van der Waals surface area contributed by atoms with Crippen molar-refractivity contribution in [1.29, 1.82) is 0 Å². The second-order valence-corrected chi connectivity index (χ2v) is 4.58. The minimum atomic E-state index is -0.757. The Bertz CT molecular complexity index is 443. The quantitative estimate of drug-likeness (QED) is 0.825. The number of nitrogens with two attached hydrogens (primary N) is 1. The maximum Gasteiger partial charge on any atom is 0.164 e. The van der Waals surface area contributed by atoms with E-state index in [9.17, 15) is 5.11 Å². The average Bonchev–Trinajstić information content (AvgIpc) is 3.15. The molecule has 0 radical (unpaired) electrons. The van der Waals surface area contributed by atoms with Gasteiger partial charge in [0.05, 0.1) is 21.3 Å². The Morgan fingerprint density at radius 1 is 1.06 bits per heavy atom. The van der Waals surface area contributed by atoms with Crippen LogP contribution < -0.4 is 19.9 Å². The molecule has 1 fully saturated rings. The standard InChI is InChI=1S/C13H19NO4/c1-16-9-7-11(18-3)10(17-2)6-8(9)12(15)13(14)4-5-13/h6-7,12,15H,4-5,14H2,1-3H3. The lowest BCUT2D eigenvalue weighted by Crippen LogP contribution is -2.30. The van der Waals surface area contributed by atoms with E-state index in [1.165, 1.54) is 0 Å². The number of hydrogen-bond donors (Lipinski definition) is 2. The molecule has 1 aliphatic carbocycles. The Morgan fingerprint density at radius 3 is 2.00 bits per heavy atom. The van der Waals surface area contributed by atoms with Crippen molar-refractivity contribution in [2.75, 3.05) is 21.3 Å². The summed E-state index contributed by atoms with van der Waals surface area (Å²) in [6.07, 6.45) is 0.865. The highest BCUT2D eigenvalue weighted by molar-refractivity contribution is 5.52. The van der Waals surface area contributed by atoms with Gasteiger partial charge in [0.15, 0.2) is 11.5 Å². The summed E-state index contributed by atoms with van der Waals surface area (Å²) in [5.41, 5.74) is 6.13. The molecule has 0 spiro atoms. The third-order valence-corrected chi connectivity index (χ3v) is 3.40. The Balaban J connectivity index is 2.44. The van der Waals surface area contributed by atoms with E-state index in [2.05, 4.69) is 0 Å². The maximum atomic E-state index is 10.3. The first-order valence-corrected chi connectivity index (χ1v) is 5.82. The molecule has 5 nitrogen and oxygen atoms in total. The van der Waals surface area contributed by atoms with Gasteiger partial charge in [0.2, 0.25) is 0 Å². The van der Waals surface area contributed by atoms with Gasteiger partial charge in [0.1, 0.15) is 11.9 Å². The van der Waals surface area contributed by atoms with Crippen molar-refractivity contribution in [1.82, 2.24) is 0 Å². The summed E-state index contributed by atoms with van der Waals surface area (Å²) in [7, 11) is 4.65. The van der Waals surface area contributed by atoms with Gasteiger partial charge in [-0.05, 0) is 18.9 Å². The van der Waals surface area contributed by atoms with Gasteiger partial charge < -0.3 is 25.1 Å². The van der Waals surface area contributed by atoms with Gasteiger partial charge in [-0.1, -0.05) is 0 Å². The van der Waals surface area contributed by atoms with Crippen molar-refractivity contribution in [2.45, 2.75) is 24.5 Å². The number of ether oxygens (including phenoxy) is 3. The molecule has 1 aromatic carbocycles. The molecule has 0 aliphatic heterocycles. The maximum absolute atomic E-state index is 10.3. The first kappa shape index (κ1) is 13.0. The molecular formula is C13H19NO4. The molecule has 1 saturated carbocycles. The number of methoxy groups -OCH3 is 3. The van der Waals surface area contributed by atoms with E-state index in [0.717, 1.165) is 12.8 Å². The van der Waals surface area contributed by atoms with Crippen LogP contribution in [0, 0.1) is 0 Å². The largest absolute Gasteiger partial charge is 0.496 e. The summed E-state index contributed by atoms with van der Waals surface area (Å²) in [5.74, 6) is 1.67. The van der Waals surface area contributed by atoms with Gasteiger partial charge in [-0.2, -0.15) is 0 Å². The van der Waals surface area contributed by atoms with Crippen LogP contribution in [0.4, 0.5) is 0 Å². The number of hydrogen-bond acceptors (Lipinski definition) is 5. The van der Waals surface area contributed by atoms with Crippen LogP contribution in [0.15, 0.2) is 12.1 Å². The lowest BCUT2D eigenvalue weighted by molar-refractivity contribution is 0.132. The summed E-state index contributed by atoms with van der Waals surface area (Å²) in [4.78, 5) is 0. The summed E-state index contributed by atoms with van der Waals surface area (Å²) in [5, 5.41) is 10.3. The second-order valence-electron chi connectivity index (χ2n) is 4.58. The van der Waals surface area contributed by atoms with Crippen molar-refractivity contribution in [2.24, 2.45) is 5.73 Å². The predicted octanol–water partition coefficient (Wildman–Crippen LogP) is 1.24. The Morgan fingerprint density at radius 2 is 1.56 bits per heavy atom. The first-order valence-electron chi connectivity index (χ1n) is 5.82. The van der Waals surface area contributed by atoms with Gasteiger partial charge in [0, 0.05) is 17.2 Å². The molecule has 5 heteroatoms. The number of aliphatic hydroxyl groups is 1. The zero-order chi connectivity index (χ0) is 13.3. The predicted molar refractivity (Wildman–Crippen MR) is 67.2 cm³/mol. The van der Waals surface area contributed by atoms with Crippen molar-refractivity contribution in [3.63, 3.8) is 0 Å². The van der Waals surface area contributed by atoms with Crippen LogP contribution >= 0.6 is 0 Å². The molecule has 1 aliphatic rings. The minimum absolute atomic E-state index is 0.535. The van der Waals surface area contributed by atoms with Crippen molar-refractivity contribution in [3.8, 4) is 17.2 Å². The Kier molecular flexibility index (Phi) is 3.36. The molecule has 1 atom stereocenters. The highest BCUT2D eigenvalue weighted by atomic mass is 16.5. The van der Waals surface area contributed by atoms with Crippen molar-refractivity contribution in [3.05, 3.63) is 17.7 Å². The molecule has 0 bridgehead atoms. The summed E-state index contributed by atoms with van der Waals surface area (Å²) in [6.45, 7) is 0. The van der Waals surface area contributed by atoms with E-state index in [1.54, 1.807) is 33.5 Å². The van der Waals surface area contributed by atoms with Crippen molar-refractivity contribution >= 4 is 0 Å². The summed E-state index contributed by atoms with van der Waals surface area (Å²) < 4.78 is 15.7. The fourth-order valence-corrected chi connectivity index (χ4v) is 1.99. The van der Waals surface area contributed by atoms with E-state index in [-0.39, 0.29) is 0 Å². The smallest absolute Gasteiger partial charge is 0.164 e. The van der Waals surface area contributed by atoms with Crippen LogP contribution in [0.5, 0.6) is 17.2 Å². The van der Waals surface area contributed by atoms with Crippen molar-refractivity contribution < 1.29 is 19.3 Å². The van der Waals surface area contributed by atoms with Crippen LogP contribution in [0.2, 0.25) is 0 Å². The first-order chi connectivity index (χ1) is 8.55. The van der Waals surface area contributed by atoms with Gasteiger partial charge in [-0.15, -0.1) is 0 Å². The highest BCUT2D eigenvalue weighted by Crippen LogP contribution is 2.47. The van der Waals surface area contributed by atoms with E-state index >= 15 is 0 Å². The molecule has 1 unspecified atom stereocenters. The third-order valence-electron chi connectivity index (χ3n) is 3.40. The monoisotopic (exact) mass is 253 g/mol. The second kappa shape index (κ2) is 4.66. The lowest BCUT2D eigenvalue weighted by atomic mass is 9.99. The van der Waals surface area contributed by atoms with Crippen LogP contribution in [0.25, 0.3) is 0 Å². The minimum Gasteiger partial charge on any atom is -0.496 e. The highest BCUT2D eigenvalue weighted by Gasteiger charge is 2.47. The molecule has 1 aromatic rings. The normalized spacial score (nSPS) is 18.1. The zero-order valence-electron chi connectivity index (χ0n) is 10.9. The van der Waals surface area contributed by atoms with E-state index in [1.807, 2.05) is 0 Å². The third kappa shape index (κ3) is 2.11. The Labute approximate surface area is 106 Å². The number of benzene rings is 1. The summed E-state index contributed by atoms with van der Waals surface area (Å²) in [6, 6.07) is 3.42. The van der Waals surface area contributed by atoms with Crippen LogP contribution in [0.3, 0.4) is 0 Å². The number of aliphatic hydroxyl groups excluding tert-OH is 1. The van der Waals surface area contributed by atoms with Gasteiger partial charge >= 0.3 is 0 Å². The van der Waals surface area contributed by atoms with Gasteiger partial charge in [0.25, 0.3) is 0 Å². The molecular weight excluding hydrogens is 234 g/mol. The molecule has 0 amide bonds. The molecule has 0 saturated heterocycles. The molecule has 3 N–H and O–H groups in total. The average molecular weight is 253 g/mol. The molecule has 2 rings (SSSR count).